The van der Waals surface area contributed by atoms with Crippen LogP contribution in [0.5, 0.6) is 0 Å². The van der Waals surface area contributed by atoms with E-state index >= 15 is 0 Å². The van der Waals surface area contributed by atoms with E-state index in [-0.39, 0.29) is 11.9 Å². The summed E-state index contributed by atoms with van der Waals surface area (Å²) in [4.78, 5) is 13.9. The van der Waals surface area contributed by atoms with Crippen LogP contribution in [0.4, 0.5) is 0 Å². The molecule has 1 N–H and O–H groups in total. The lowest BCUT2D eigenvalue weighted by Crippen LogP contribution is -2.37. The van der Waals surface area contributed by atoms with Crippen molar-refractivity contribution >= 4 is 5.97 Å². The normalized spacial score (nSPS) is 18.9. The maximum absolute atomic E-state index is 11.4. The Bertz CT molecular complexity index is 215. The number of likely N-dealkylation sites (tertiary alicyclic amines) is 1. The molecule has 1 rings (SSSR count). The Morgan fingerprint density at radius 2 is 2.06 bits per heavy atom. The monoisotopic (exact) mass is 242 g/mol. The average molecular weight is 242 g/mol. The Kier molecular flexibility index (Phi) is 7.21. The van der Waals surface area contributed by atoms with Crippen molar-refractivity contribution in [1.29, 1.82) is 0 Å². The smallest absolute Gasteiger partial charge is 0.309 e. The Balaban J connectivity index is 2.00. The molecular formula is C13H26N2O2. The molecule has 4 nitrogen and oxygen atoms in total. The van der Waals surface area contributed by atoms with Crippen molar-refractivity contribution in [2.45, 2.75) is 33.1 Å². The third-order valence-corrected chi connectivity index (χ3v) is 3.19. The van der Waals surface area contributed by atoms with Gasteiger partial charge in [0.1, 0.15) is 0 Å². The van der Waals surface area contributed by atoms with E-state index < -0.39 is 0 Å². The Morgan fingerprint density at radius 1 is 1.35 bits per heavy atom. The molecule has 0 radical (unpaired) electrons. The Labute approximate surface area is 105 Å². The fraction of sp³-hybridized carbons (Fsp3) is 0.923. The predicted molar refractivity (Wildman–Crippen MR) is 69.0 cm³/mol. The van der Waals surface area contributed by atoms with Crippen molar-refractivity contribution in [2.75, 3.05) is 39.3 Å². The van der Waals surface area contributed by atoms with Crippen LogP contribution < -0.4 is 5.32 Å². The van der Waals surface area contributed by atoms with E-state index in [1.165, 1.54) is 32.4 Å². The first kappa shape index (κ1) is 14.5. The first-order valence-corrected chi connectivity index (χ1v) is 6.83. The second-order valence-electron chi connectivity index (χ2n) is 4.76. The molecule has 1 aliphatic rings. The van der Waals surface area contributed by atoms with Gasteiger partial charge in [0.15, 0.2) is 0 Å². The van der Waals surface area contributed by atoms with Crippen molar-refractivity contribution in [3.63, 3.8) is 0 Å². The minimum Gasteiger partial charge on any atom is -0.466 e. The van der Waals surface area contributed by atoms with Crippen LogP contribution >= 0.6 is 0 Å². The van der Waals surface area contributed by atoms with Crippen LogP contribution in [0.15, 0.2) is 0 Å². The van der Waals surface area contributed by atoms with Crippen LogP contribution in [0.2, 0.25) is 0 Å². The van der Waals surface area contributed by atoms with Crippen molar-refractivity contribution in [3.05, 3.63) is 0 Å². The summed E-state index contributed by atoms with van der Waals surface area (Å²) in [6.45, 7) is 9.45. The molecule has 1 fully saturated rings. The molecule has 0 aromatic carbocycles. The van der Waals surface area contributed by atoms with Crippen LogP contribution in [0.25, 0.3) is 0 Å². The second-order valence-corrected chi connectivity index (χ2v) is 4.76. The lowest BCUT2D eigenvalue weighted by molar-refractivity contribution is -0.147. The maximum atomic E-state index is 11.4. The average Bonchev–Trinajstić information content (AvgIpc) is 2.36. The fourth-order valence-corrected chi connectivity index (χ4v) is 2.11. The predicted octanol–water partition coefficient (Wildman–Crippen LogP) is 1.26. The Morgan fingerprint density at radius 3 is 2.71 bits per heavy atom. The number of ether oxygens (including phenoxy) is 1. The topological polar surface area (TPSA) is 41.6 Å². The summed E-state index contributed by atoms with van der Waals surface area (Å²) in [5, 5.41) is 3.33. The minimum atomic E-state index is -0.0991. The number of nitrogens with one attached hydrogen (secondary N) is 1. The highest BCUT2D eigenvalue weighted by molar-refractivity contribution is 5.72. The first-order valence-electron chi connectivity index (χ1n) is 6.83. The lowest BCUT2D eigenvalue weighted by atomic mass is 10.1. The van der Waals surface area contributed by atoms with Crippen LogP contribution in [0.3, 0.4) is 0 Å². The van der Waals surface area contributed by atoms with E-state index in [1.54, 1.807) is 0 Å². The van der Waals surface area contributed by atoms with Gasteiger partial charge in [0.05, 0.1) is 12.5 Å². The number of piperidine rings is 1. The van der Waals surface area contributed by atoms with Crippen molar-refractivity contribution in [3.8, 4) is 0 Å². The summed E-state index contributed by atoms with van der Waals surface area (Å²) in [7, 11) is 0. The summed E-state index contributed by atoms with van der Waals surface area (Å²) < 4.78 is 4.96. The molecule has 0 saturated carbocycles. The summed E-state index contributed by atoms with van der Waals surface area (Å²) in [6.07, 6.45) is 4.04. The SMILES string of the molecule is CCOC(=O)C(C)CNCCN1CCCCC1. The van der Waals surface area contributed by atoms with Crippen LogP contribution in [0, 0.1) is 5.92 Å². The quantitative estimate of drug-likeness (QED) is 0.539. The van der Waals surface area contributed by atoms with Crippen molar-refractivity contribution < 1.29 is 9.53 Å². The summed E-state index contributed by atoms with van der Waals surface area (Å²) in [5.41, 5.74) is 0. The van der Waals surface area contributed by atoms with Gasteiger partial charge in [-0.3, -0.25) is 4.79 Å². The molecule has 0 spiro atoms. The number of hydrogen-bond donors (Lipinski definition) is 1. The number of hydrogen-bond acceptors (Lipinski definition) is 4. The molecule has 1 saturated heterocycles. The van der Waals surface area contributed by atoms with Crippen molar-refractivity contribution in [1.82, 2.24) is 10.2 Å². The highest BCUT2D eigenvalue weighted by Crippen LogP contribution is 2.07. The van der Waals surface area contributed by atoms with Gasteiger partial charge in [-0.25, -0.2) is 0 Å². The highest BCUT2D eigenvalue weighted by atomic mass is 16.5. The molecule has 100 valence electrons. The van der Waals surface area contributed by atoms with Gasteiger partial charge in [0.25, 0.3) is 0 Å². The van der Waals surface area contributed by atoms with E-state index in [4.69, 9.17) is 4.74 Å². The van der Waals surface area contributed by atoms with E-state index in [1.807, 2.05) is 13.8 Å². The van der Waals surface area contributed by atoms with Gasteiger partial charge in [0.2, 0.25) is 0 Å². The molecule has 1 heterocycles. The molecule has 0 bridgehead atoms. The second kappa shape index (κ2) is 8.48. The molecule has 0 aliphatic carbocycles. The number of rotatable bonds is 7. The van der Waals surface area contributed by atoms with Gasteiger partial charge in [-0.2, -0.15) is 0 Å². The Hall–Kier alpha value is -0.610. The fourth-order valence-electron chi connectivity index (χ4n) is 2.11. The van der Waals surface area contributed by atoms with Gasteiger partial charge < -0.3 is 15.0 Å². The van der Waals surface area contributed by atoms with Gasteiger partial charge in [-0.15, -0.1) is 0 Å². The van der Waals surface area contributed by atoms with Gasteiger partial charge in [0, 0.05) is 19.6 Å². The zero-order valence-corrected chi connectivity index (χ0v) is 11.2. The van der Waals surface area contributed by atoms with E-state index in [0.717, 1.165) is 13.1 Å². The molecule has 0 amide bonds. The number of esters is 1. The maximum Gasteiger partial charge on any atom is 0.309 e. The molecule has 1 unspecified atom stereocenters. The largest absolute Gasteiger partial charge is 0.466 e. The number of carbonyl (C=O) groups is 1. The zero-order chi connectivity index (χ0) is 12.5. The molecular weight excluding hydrogens is 216 g/mol. The van der Waals surface area contributed by atoms with Crippen LogP contribution in [-0.2, 0) is 9.53 Å². The molecule has 4 heteroatoms. The van der Waals surface area contributed by atoms with Crippen LogP contribution in [0.1, 0.15) is 33.1 Å². The zero-order valence-electron chi connectivity index (χ0n) is 11.2. The number of carbonyl (C=O) groups excluding carboxylic acids is 1. The van der Waals surface area contributed by atoms with Gasteiger partial charge in [-0.05, 0) is 32.9 Å². The third-order valence-electron chi connectivity index (χ3n) is 3.19. The van der Waals surface area contributed by atoms with Gasteiger partial charge >= 0.3 is 5.97 Å². The van der Waals surface area contributed by atoms with Crippen LogP contribution in [-0.4, -0.2) is 50.2 Å². The standard InChI is InChI=1S/C13H26N2O2/c1-3-17-13(16)12(2)11-14-7-10-15-8-5-4-6-9-15/h12,14H,3-11H2,1-2H3. The molecule has 1 atom stereocenters. The highest BCUT2D eigenvalue weighted by Gasteiger charge is 2.13. The van der Waals surface area contributed by atoms with E-state index in [9.17, 15) is 4.79 Å². The van der Waals surface area contributed by atoms with Crippen molar-refractivity contribution in [2.24, 2.45) is 5.92 Å². The lowest BCUT2D eigenvalue weighted by Gasteiger charge is -2.26. The molecule has 17 heavy (non-hydrogen) atoms. The third kappa shape index (κ3) is 6.03. The molecule has 0 aromatic rings. The van der Waals surface area contributed by atoms with E-state index in [2.05, 4.69) is 10.2 Å². The summed E-state index contributed by atoms with van der Waals surface area (Å²) in [6, 6.07) is 0. The number of nitrogens with zero attached hydrogens (tertiary/aromatic N) is 1. The molecule has 1 aliphatic heterocycles. The summed E-state index contributed by atoms with van der Waals surface area (Å²) >= 11 is 0. The van der Waals surface area contributed by atoms with E-state index in [0.29, 0.717) is 13.2 Å². The first-order chi connectivity index (χ1) is 8.24. The summed E-state index contributed by atoms with van der Waals surface area (Å²) in [5.74, 6) is -0.144. The minimum absolute atomic E-state index is 0.0451. The van der Waals surface area contributed by atoms with Gasteiger partial charge in [-0.1, -0.05) is 13.3 Å². The molecule has 0 aromatic heterocycles.